The highest BCUT2D eigenvalue weighted by molar-refractivity contribution is 7.86. The van der Waals surface area contributed by atoms with E-state index < -0.39 is 30.0 Å². The van der Waals surface area contributed by atoms with Gasteiger partial charge in [0, 0.05) is 6.07 Å². The van der Waals surface area contributed by atoms with E-state index in [1.807, 2.05) is 0 Å². The zero-order valence-corrected chi connectivity index (χ0v) is 13.0. The highest BCUT2D eigenvalue weighted by Gasteiger charge is 2.22. The van der Waals surface area contributed by atoms with Gasteiger partial charge in [-0.25, -0.2) is 0 Å². The Labute approximate surface area is 132 Å². The van der Waals surface area contributed by atoms with Gasteiger partial charge in [0.05, 0.1) is 16.3 Å². The van der Waals surface area contributed by atoms with Crippen LogP contribution >= 0.6 is 0 Å². The molecular weight excluding hydrogens is 348 g/mol. The van der Waals surface area contributed by atoms with Crippen LogP contribution in [0.5, 0.6) is 11.5 Å². The highest BCUT2D eigenvalue weighted by atomic mass is 32.2. The van der Waals surface area contributed by atoms with Gasteiger partial charge in [0.25, 0.3) is 20.2 Å². The average Bonchev–Trinajstić information content (AvgIpc) is 2.41. The maximum atomic E-state index is 11.4. The SMILES string of the molecule is Nc1ccc(Oc2ccc(S(=O)(=O)O)cc2S(=O)(=O)O)cc1N. The first-order valence-electron chi connectivity index (χ1n) is 5.90. The lowest BCUT2D eigenvalue weighted by Gasteiger charge is -2.11. The van der Waals surface area contributed by atoms with Crippen molar-refractivity contribution in [1.82, 2.24) is 0 Å². The van der Waals surface area contributed by atoms with Crippen molar-refractivity contribution in [1.29, 1.82) is 0 Å². The Hall–Kier alpha value is -2.34. The first-order valence-corrected chi connectivity index (χ1v) is 8.78. The van der Waals surface area contributed by atoms with Crippen molar-refractivity contribution in [3.63, 3.8) is 0 Å². The summed E-state index contributed by atoms with van der Waals surface area (Å²) < 4.78 is 68.4. The molecule has 6 N–H and O–H groups in total. The minimum absolute atomic E-state index is 0.112. The van der Waals surface area contributed by atoms with E-state index in [-0.39, 0.29) is 22.9 Å². The number of rotatable bonds is 4. The quantitative estimate of drug-likeness (QED) is 0.461. The van der Waals surface area contributed by atoms with Crippen molar-refractivity contribution >= 4 is 31.6 Å². The van der Waals surface area contributed by atoms with Gasteiger partial charge in [-0.15, -0.1) is 0 Å². The predicted octanol–water partition coefficient (Wildman–Crippen LogP) is 1.14. The summed E-state index contributed by atoms with van der Waals surface area (Å²) in [7, 11) is -9.47. The maximum Gasteiger partial charge on any atom is 0.298 e. The Morgan fingerprint density at radius 2 is 1.48 bits per heavy atom. The van der Waals surface area contributed by atoms with Crippen molar-refractivity contribution in [2.24, 2.45) is 0 Å². The van der Waals surface area contributed by atoms with E-state index in [1.54, 1.807) is 0 Å². The van der Waals surface area contributed by atoms with E-state index in [9.17, 15) is 21.4 Å². The Bertz CT molecular complexity index is 969. The van der Waals surface area contributed by atoms with Crippen LogP contribution in [-0.4, -0.2) is 25.9 Å². The second-order valence-corrected chi connectivity index (χ2v) is 7.26. The third-order valence-electron chi connectivity index (χ3n) is 2.78. The van der Waals surface area contributed by atoms with Crippen LogP contribution in [-0.2, 0) is 20.2 Å². The Kier molecular flexibility index (Phi) is 4.22. The van der Waals surface area contributed by atoms with Crippen LogP contribution in [0.1, 0.15) is 0 Å². The Morgan fingerprint density at radius 3 is 2.00 bits per heavy atom. The fourth-order valence-electron chi connectivity index (χ4n) is 1.68. The van der Waals surface area contributed by atoms with E-state index >= 15 is 0 Å². The number of hydrogen-bond donors (Lipinski definition) is 4. The normalized spacial score (nSPS) is 12.1. The predicted molar refractivity (Wildman–Crippen MR) is 81.4 cm³/mol. The summed E-state index contributed by atoms with van der Waals surface area (Å²) in [5.41, 5.74) is 11.6. The van der Waals surface area contributed by atoms with Crippen LogP contribution in [0.4, 0.5) is 11.4 Å². The Morgan fingerprint density at radius 1 is 0.826 bits per heavy atom. The van der Waals surface area contributed by atoms with Crippen molar-refractivity contribution in [2.45, 2.75) is 9.79 Å². The van der Waals surface area contributed by atoms with Gasteiger partial charge < -0.3 is 16.2 Å². The van der Waals surface area contributed by atoms with E-state index in [4.69, 9.17) is 20.8 Å². The summed E-state index contributed by atoms with van der Waals surface area (Å²) in [6.07, 6.45) is 0. The van der Waals surface area contributed by atoms with Gasteiger partial charge in [-0.3, -0.25) is 9.11 Å². The minimum atomic E-state index is -4.81. The lowest BCUT2D eigenvalue weighted by molar-refractivity contribution is 0.448. The maximum absolute atomic E-state index is 11.4. The van der Waals surface area contributed by atoms with Crippen LogP contribution in [0, 0.1) is 0 Å². The number of anilines is 2. The third kappa shape index (κ3) is 3.90. The molecule has 0 heterocycles. The summed E-state index contributed by atoms with van der Waals surface area (Å²) in [6.45, 7) is 0. The van der Waals surface area contributed by atoms with Gasteiger partial charge in [-0.05, 0) is 30.3 Å². The van der Waals surface area contributed by atoms with Gasteiger partial charge >= 0.3 is 0 Å². The summed E-state index contributed by atoms with van der Waals surface area (Å²) in [4.78, 5) is -1.54. The zero-order valence-electron chi connectivity index (χ0n) is 11.4. The van der Waals surface area contributed by atoms with Gasteiger partial charge in [0.15, 0.2) is 0 Å². The van der Waals surface area contributed by atoms with E-state index in [0.29, 0.717) is 6.07 Å². The smallest absolute Gasteiger partial charge is 0.298 e. The molecule has 9 nitrogen and oxygen atoms in total. The van der Waals surface area contributed by atoms with Gasteiger partial charge in [0.2, 0.25) is 0 Å². The van der Waals surface area contributed by atoms with Crippen LogP contribution < -0.4 is 16.2 Å². The number of nitrogen functional groups attached to an aromatic ring is 2. The molecule has 0 unspecified atom stereocenters. The molecule has 23 heavy (non-hydrogen) atoms. The van der Waals surface area contributed by atoms with Crippen LogP contribution in [0.15, 0.2) is 46.2 Å². The molecule has 0 atom stereocenters. The monoisotopic (exact) mass is 360 g/mol. The van der Waals surface area contributed by atoms with Crippen molar-refractivity contribution < 1.29 is 30.7 Å². The highest BCUT2D eigenvalue weighted by Crippen LogP contribution is 2.32. The second kappa shape index (κ2) is 5.70. The molecule has 0 bridgehead atoms. The van der Waals surface area contributed by atoms with E-state index in [1.165, 1.54) is 18.2 Å². The van der Waals surface area contributed by atoms with E-state index in [2.05, 4.69) is 0 Å². The minimum Gasteiger partial charge on any atom is -0.456 e. The van der Waals surface area contributed by atoms with Crippen molar-refractivity contribution in [3.8, 4) is 11.5 Å². The first kappa shape index (κ1) is 17.0. The molecule has 2 aromatic rings. The third-order valence-corrected chi connectivity index (χ3v) is 4.50. The summed E-state index contributed by atoms with van der Waals surface area (Å²) >= 11 is 0. The number of nitrogens with two attached hydrogens (primary N) is 2. The van der Waals surface area contributed by atoms with Crippen LogP contribution in [0.2, 0.25) is 0 Å². The summed E-state index contributed by atoms with van der Waals surface area (Å²) in [5.74, 6) is -0.245. The molecule has 0 spiro atoms. The molecule has 0 amide bonds. The molecule has 0 aliphatic heterocycles. The molecule has 2 rings (SSSR count). The average molecular weight is 360 g/mol. The largest absolute Gasteiger partial charge is 0.456 e. The number of hydrogen-bond acceptors (Lipinski definition) is 7. The van der Waals surface area contributed by atoms with Gasteiger partial charge in [-0.2, -0.15) is 16.8 Å². The molecule has 0 radical (unpaired) electrons. The van der Waals surface area contributed by atoms with Crippen molar-refractivity contribution in [3.05, 3.63) is 36.4 Å². The lowest BCUT2D eigenvalue weighted by atomic mass is 10.2. The molecular formula is C12H12N2O7S2. The molecule has 11 heteroatoms. The fraction of sp³-hybridized carbons (Fsp3) is 0. The standard InChI is InChI=1S/C12H12N2O7S2/c13-9-3-1-7(5-10(9)14)21-11-4-2-8(22(15,16)17)6-12(11)23(18,19)20/h1-6H,13-14H2,(H,15,16,17)(H,18,19,20). The summed E-state index contributed by atoms with van der Waals surface area (Å²) in [6, 6.07) is 6.60. The molecule has 0 saturated heterocycles. The number of ether oxygens (including phenoxy) is 1. The lowest BCUT2D eigenvalue weighted by Crippen LogP contribution is -2.05. The molecule has 0 fully saturated rings. The topological polar surface area (TPSA) is 170 Å². The molecule has 124 valence electrons. The molecule has 0 saturated carbocycles. The molecule has 0 aromatic heterocycles. The second-order valence-electron chi connectivity index (χ2n) is 4.45. The molecule has 0 aliphatic carbocycles. The van der Waals surface area contributed by atoms with Crippen molar-refractivity contribution in [2.75, 3.05) is 11.5 Å². The molecule has 2 aromatic carbocycles. The van der Waals surface area contributed by atoms with Crippen LogP contribution in [0.3, 0.4) is 0 Å². The van der Waals surface area contributed by atoms with Gasteiger partial charge in [-0.1, -0.05) is 0 Å². The van der Waals surface area contributed by atoms with E-state index in [0.717, 1.165) is 12.1 Å². The van der Waals surface area contributed by atoms with Gasteiger partial charge in [0.1, 0.15) is 16.4 Å². The summed E-state index contributed by atoms with van der Waals surface area (Å²) in [5, 5.41) is 0. The molecule has 0 aliphatic rings. The van der Waals surface area contributed by atoms with Crippen LogP contribution in [0.25, 0.3) is 0 Å². The Balaban J connectivity index is 2.56. The number of benzene rings is 2. The fourth-order valence-corrected chi connectivity index (χ4v) is 2.90. The first-order chi connectivity index (χ1) is 10.5. The zero-order chi connectivity index (χ0) is 17.4.